The minimum absolute atomic E-state index is 0.249. The number of benzene rings is 1. The maximum atomic E-state index is 12.5. The number of methoxy groups -OCH3 is 1. The van der Waals surface area contributed by atoms with Crippen LogP contribution < -0.4 is 5.32 Å². The number of esters is 1. The molecule has 1 rings (SSSR count). The Kier molecular flexibility index (Phi) is 5.56. The van der Waals surface area contributed by atoms with Gasteiger partial charge in [-0.1, -0.05) is 19.1 Å². The van der Waals surface area contributed by atoms with Gasteiger partial charge in [0.25, 0.3) is 0 Å². The Balaban J connectivity index is 2.77. The summed E-state index contributed by atoms with van der Waals surface area (Å²) < 4.78 is 42.0. The van der Waals surface area contributed by atoms with E-state index in [0.29, 0.717) is 12.0 Å². The van der Waals surface area contributed by atoms with Crippen LogP contribution in [0.3, 0.4) is 0 Å². The quantitative estimate of drug-likeness (QED) is 0.845. The van der Waals surface area contributed by atoms with Gasteiger partial charge in [-0.05, 0) is 31.0 Å². The number of rotatable bonds is 5. The summed E-state index contributed by atoms with van der Waals surface area (Å²) in [6.07, 6.45) is -3.80. The summed E-state index contributed by atoms with van der Waals surface area (Å²) in [6, 6.07) is 4.16. The maximum Gasteiger partial charge on any atom is 0.416 e. The molecule has 1 aromatic rings. The highest BCUT2D eigenvalue weighted by atomic mass is 19.4. The largest absolute Gasteiger partial charge is 0.468 e. The summed E-state index contributed by atoms with van der Waals surface area (Å²) in [7, 11) is 1.30. The molecule has 3 nitrogen and oxygen atoms in total. The van der Waals surface area contributed by atoms with E-state index in [1.807, 2.05) is 6.92 Å². The topological polar surface area (TPSA) is 38.3 Å². The molecule has 0 aliphatic carbocycles. The normalized spacial score (nSPS) is 14.7. The molecule has 0 bridgehead atoms. The molecule has 0 aromatic heterocycles. The summed E-state index contributed by atoms with van der Waals surface area (Å²) in [5, 5.41) is 3.04. The molecule has 0 fully saturated rings. The molecule has 0 spiro atoms. The number of carbonyl (C=O) groups excluding carboxylic acids is 1. The minimum atomic E-state index is -4.34. The van der Waals surface area contributed by atoms with E-state index < -0.39 is 17.8 Å². The zero-order valence-electron chi connectivity index (χ0n) is 11.6. The first kappa shape index (κ1) is 16.5. The lowest BCUT2D eigenvalue weighted by Gasteiger charge is -2.21. The zero-order valence-corrected chi connectivity index (χ0v) is 11.6. The number of nitrogens with one attached hydrogen (secondary N) is 1. The van der Waals surface area contributed by atoms with E-state index in [4.69, 9.17) is 0 Å². The van der Waals surface area contributed by atoms with Crippen LogP contribution in [0.5, 0.6) is 0 Å². The predicted molar refractivity (Wildman–Crippen MR) is 69.1 cm³/mol. The Morgan fingerprint density at radius 3 is 2.25 bits per heavy atom. The van der Waals surface area contributed by atoms with Crippen LogP contribution in [0.4, 0.5) is 13.2 Å². The van der Waals surface area contributed by atoms with Crippen LogP contribution in [0.2, 0.25) is 0 Å². The highest BCUT2D eigenvalue weighted by Crippen LogP contribution is 2.29. The third-order valence-corrected chi connectivity index (χ3v) is 3.08. The SMILES string of the molecule is CCC(NC(C)c1ccc(C(F)(F)F)cc1)C(=O)OC. The monoisotopic (exact) mass is 289 g/mol. The van der Waals surface area contributed by atoms with E-state index in [2.05, 4.69) is 10.1 Å². The molecular formula is C14H18F3NO2. The van der Waals surface area contributed by atoms with Crippen molar-refractivity contribution in [1.29, 1.82) is 0 Å². The second-order valence-corrected chi connectivity index (χ2v) is 4.49. The van der Waals surface area contributed by atoms with E-state index in [1.165, 1.54) is 19.2 Å². The molecule has 112 valence electrons. The molecule has 0 heterocycles. The maximum absolute atomic E-state index is 12.5. The number of alkyl halides is 3. The van der Waals surface area contributed by atoms with Gasteiger partial charge in [-0.3, -0.25) is 10.1 Å². The predicted octanol–water partition coefficient (Wildman–Crippen LogP) is 3.31. The van der Waals surface area contributed by atoms with Crippen molar-refractivity contribution in [2.24, 2.45) is 0 Å². The van der Waals surface area contributed by atoms with Gasteiger partial charge in [0.15, 0.2) is 0 Å². The molecule has 0 radical (unpaired) electrons. The van der Waals surface area contributed by atoms with Crippen molar-refractivity contribution in [1.82, 2.24) is 5.32 Å². The molecule has 0 saturated carbocycles. The standard InChI is InChI=1S/C14H18F3NO2/c1-4-12(13(19)20-3)18-9(2)10-5-7-11(8-6-10)14(15,16)17/h5-9,12,18H,4H2,1-3H3. The second-order valence-electron chi connectivity index (χ2n) is 4.49. The van der Waals surface area contributed by atoms with Gasteiger partial charge >= 0.3 is 12.1 Å². The van der Waals surface area contributed by atoms with Gasteiger partial charge in [-0.15, -0.1) is 0 Å². The van der Waals surface area contributed by atoms with Gasteiger partial charge < -0.3 is 4.74 Å². The van der Waals surface area contributed by atoms with Crippen molar-refractivity contribution >= 4 is 5.97 Å². The average molecular weight is 289 g/mol. The lowest BCUT2D eigenvalue weighted by molar-refractivity contribution is -0.143. The van der Waals surface area contributed by atoms with E-state index in [1.54, 1.807) is 6.92 Å². The van der Waals surface area contributed by atoms with Gasteiger partial charge in [0.05, 0.1) is 12.7 Å². The molecule has 1 aromatic carbocycles. The molecule has 6 heteroatoms. The molecule has 0 aliphatic heterocycles. The van der Waals surface area contributed by atoms with Crippen LogP contribution in [-0.2, 0) is 15.7 Å². The van der Waals surface area contributed by atoms with E-state index in [0.717, 1.165) is 12.1 Å². The Labute approximate surface area is 116 Å². The molecule has 20 heavy (non-hydrogen) atoms. The van der Waals surface area contributed by atoms with E-state index >= 15 is 0 Å². The summed E-state index contributed by atoms with van der Waals surface area (Å²) in [4.78, 5) is 11.5. The molecule has 0 aliphatic rings. The second kappa shape index (κ2) is 6.74. The number of hydrogen-bond donors (Lipinski definition) is 1. The van der Waals surface area contributed by atoms with Crippen LogP contribution in [0.1, 0.15) is 37.4 Å². The smallest absolute Gasteiger partial charge is 0.416 e. The van der Waals surface area contributed by atoms with Crippen LogP contribution in [0, 0.1) is 0 Å². The van der Waals surface area contributed by atoms with E-state index in [9.17, 15) is 18.0 Å². The lowest BCUT2D eigenvalue weighted by atomic mass is 10.0. The van der Waals surface area contributed by atoms with Crippen LogP contribution in [0.15, 0.2) is 24.3 Å². The highest BCUT2D eigenvalue weighted by Gasteiger charge is 2.30. The fourth-order valence-corrected chi connectivity index (χ4v) is 1.85. The van der Waals surface area contributed by atoms with Crippen molar-refractivity contribution in [2.75, 3.05) is 7.11 Å². The number of ether oxygens (including phenoxy) is 1. The van der Waals surface area contributed by atoms with E-state index in [-0.39, 0.29) is 12.0 Å². The summed E-state index contributed by atoms with van der Waals surface area (Å²) in [5.74, 6) is -0.383. The Bertz CT molecular complexity index is 443. The highest BCUT2D eigenvalue weighted by molar-refractivity contribution is 5.75. The van der Waals surface area contributed by atoms with Crippen LogP contribution >= 0.6 is 0 Å². The minimum Gasteiger partial charge on any atom is -0.468 e. The average Bonchev–Trinajstić information content (AvgIpc) is 2.42. The molecule has 1 N–H and O–H groups in total. The van der Waals surface area contributed by atoms with Gasteiger partial charge in [-0.25, -0.2) is 0 Å². The number of hydrogen-bond acceptors (Lipinski definition) is 3. The summed E-state index contributed by atoms with van der Waals surface area (Å²) in [5.41, 5.74) is -0.00573. The number of carbonyl (C=O) groups is 1. The van der Waals surface area contributed by atoms with Crippen molar-refractivity contribution < 1.29 is 22.7 Å². The van der Waals surface area contributed by atoms with Crippen molar-refractivity contribution in [2.45, 2.75) is 38.5 Å². The van der Waals surface area contributed by atoms with Crippen LogP contribution in [-0.4, -0.2) is 19.1 Å². The lowest BCUT2D eigenvalue weighted by Crippen LogP contribution is -2.38. The third-order valence-electron chi connectivity index (χ3n) is 3.08. The third kappa shape index (κ3) is 4.23. The molecule has 2 atom stereocenters. The fourth-order valence-electron chi connectivity index (χ4n) is 1.85. The van der Waals surface area contributed by atoms with Gasteiger partial charge in [-0.2, -0.15) is 13.2 Å². The summed E-state index contributed by atoms with van der Waals surface area (Å²) in [6.45, 7) is 3.61. The zero-order chi connectivity index (χ0) is 15.3. The van der Waals surface area contributed by atoms with Crippen molar-refractivity contribution in [3.05, 3.63) is 35.4 Å². The Morgan fingerprint density at radius 1 is 1.30 bits per heavy atom. The van der Waals surface area contributed by atoms with Crippen molar-refractivity contribution in [3.63, 3.8) is 0 Å². The first-order valence-corrected chi connectivity index (χ1v) is 6.30. The van der Waals surface area contributed by atoms with Crippen molar-refractivity contribution in [3.8, 4) is 0 Å². The first-order valence-electron chi connectivity index (χ1n) is 6.30. The van der Waals surface area contributed by atoms with Crippen LogP contribution in [0.25, 0.3) is 0 Å². The fraction of sp³-hybridized carbons (Fsp3) is 0.500. The number of halogens is 3. The summed E-state index contributed by atoms with van der Waals surface area (Å²) >= 11 is 0. The molecule has 0 saturated heterocycles. The van der Waals surface area contributed by atoms with Gasteiger partial charge in [0.2, 0.25) is 0 Å². The van der Waals surface area contributed by atoms with Gasteiger partial charge in [0.1, 0.15) is 6.04 Å². The molecule has 0 amide bonds. The first-order chi connectivity index (χ1) is 9.29. The Hall–Kier alpha value is -1.56. The Morgan fingerprint density at radius 2 is 1.85 bits per heavy atom. The molecular weight excluding hydrogens is 271 g/mol. The van der Waals surface area contributed by atoms with Gasteiger partial charge in [0, 0.05) is 6.04 Å². The molecule has 2 unspecified atom stereocenters.